The Bertz CT molecular complexity index is 1210. The van der Waals surface area contributed by atoms with E-state index in [0.29, 0.717) is 11.5 Å². The summed E-state index contributed by atoms with van der Waals surface area (Å²) in [5, 5.41) is 0. The minimum absolute atomic E-state index is 0.0862. The maximum absolute atomic E-state index is 13.6. The summed E-state index contributed by atoms with van der Waals surface area (Å²) in [5.74, 6) is 0.539. The summed E-state index contributed by atoms with van der Waals surface area (Å²) in [6.45, 7) is 1.60. The number of benzene rings is 3. The van der Waals surface area contributed by atoms with Crippen LogP contribution in [0.15, 0.2) is 71.6 Å². The number of hydrogen-bond donors (Lipinski definition) is 0. The molecule has 0 N–H and O–H groups in total. The Kier molecular flexibility index (Phi) is 7.78. The number of ketones is 1. The molecule has 8 heteroatoms. The smallest absolute Gasteiger partial charge is 0.264 e. The number of Topliss-reactive ketones (excluding diaryl/α,β-unsaturated/α-hetero) is 1. The van der Waals surface area contributed by atoms with E-state index in [0.717, 1.165) is 19.0 Å². The highest BCUT2D eigenvalue weighted by molar-refractivity contribution is 14.1. The summed E-state index contributed by atoms with van der Waals surface area (Å²) < 4.78 is 40.0. The molecule has 3 aromatic carbocycles. The van der Waals surface area contributed by atoms with E-state index < -0.39 is 10.0 Å². The van der Waals surface area contributed by atoms with Crippen LogP contribution in [0.2, 0.25) is 0 Å². The number of halogens is 1. The van der Waals surface area contributed by atoms with E-state index in [9.17, 15) is 13.2 Å². The lowest BCUT2D eigenvalue weighted by Gasteiger charge is -2.26. The third kappa shape index (κ3) is 5.42. The van der Waals surface area contributed by atoms with Gasteiger partial charge in [0.15, 0.2) is 5.78 Å². The number of carbonyl (C=O) groups is 1. The predicted octanol–water partition coefficient (Wildman–Crippen LogP) is 4.62. The number of nitrogens with zero attached hydrogens (tertiary/aromatic N) is 1. The molecule has 0 spiro atoms. The van der Waals surface area contributed by atoms with Crippen molar-refractivity contribution in [1.82, 2.24) is 0 Å². The van der Waals surface area contributed by atoms with Crippen LogP contribution in [-0.4, -0.2) is 35.0 Å². The highest BCUT2D eigenvalue weighted by atomic mass is 127. The molecule has 0 fully saturated rings. The zero-order chi connectivity index (χ0) is 23.3. The van der Waals surface area contributed by atoms with Crippen molar-refractivity contribution in [2.75, 3.05) is 25.1 Å². The predicted molar refractivity (Wildman–Crippen MR) is 133 cm³/mol. The van der Waals surface area contributed by atoms with Gasteiger partial charge in [0.25, 0.3) is 10.0 Å². The molecule has 0 atom stereocenters. The average molecular weight is 565 g/mol. The number of sulfonamides is 1. The van der Waals surface area contributed by atoms with Crippen LogP contribution in [0.5, 0.6) is 11.5 Å². The van der Waals surface area contributed by atoms with Crippen molar-refractivity contribution in [2.24, 2.45) is 0 Å². The minimum Gasteiger partial charge on any atom is -0.497 e. The summed E-state index contributed by atoms with van der Waals surface area (Å²) in [4.78, 5) is 13.2. The van der Waals surface area contributed by atoms with Gasteiger partial charge in [-0.3, -0.25) is 9.10 Å². The average Bonchev–Trinajstić information content (AvgIpc) is 2.79. The van der Waals surface area contributed by atoms with Gasteiger partial charge in [-0.2, -0.15) is 0 Å². The number of hydrogen-bond acceptors (Lipinski definition) is 5. The fraction of sp³-hybridized carbons (Fsp3) is 0.208. The molecule has 3 aromatic rings. The summed E-state index contributed by atoms with van der Waals surface area (Å²) in [5.41, 5.74) is 2.09. The lowest BCUT2D eigenvalue weighted by atomic mass is 10.0. The first kappa shape index (κ1) is 24.1. The molecule has 0 aliphatic carbocycles. The quantitative estimate of drug-likeness (QED) is 0.354. The molecule has 0 unspecified atom stereocenters. The van der Waals surface area contributed by atoms with Gasteiger partial charge in [0, 0.05) is 16.1 Å². The SMILES string of the molecule is COc1ccc(OC)c(N(CC(=O)Cc2ccc(I)cc2C)S(=O)(=O)c2ccccc2)c1. The van der Waals surface area contributed by atoms with Gasteiger partial charge in [-0.25, -0.2) is 8.42 Å². The lowest BCUT2D eigenvalue weighted by Crippen LogP contribution is -2.36. The van der Waals surface area contributed by atoms with E-state index in [1.165, 1.54) is 26.4 Å². The molecule has 0 heterocycles. The Morgan fingerprint density at radius 1 is 0.969 bits per heavy atom. The van der Waals surface area contributed by atoms with Gasteiger partial charge in [-0.05, 0) is 77.0 Å². The first-order valence-electron chi connectivity index (χ1n) is 9.83. The number of anilines is 1. The molecule has 0 aromatic heterocycles. The Morgan fingerprint density at radius 3 is 2.31 bits per heavy atom. The summed E-state index contributed by atoms with van der Waals surface area (Å²) in [6, 6.07) is 18.7. The number of ether oxygens (including phenoxy) is 2. The van der Waals surface area contributed by atoms with Gasteiger partial charge < -0.3 is 9.47 Å². The number of aryl methyl sites for hydroxylation is 1. The van der Waals surface area contributed by atoms with E-state index in [1.54, 1.807) is 36.4 Å². The molecule has 0 aliphatic heterocycles. The van der Waals surface area contributed by atoms with Crippen LogP contribution in [0.1, 0.15) is 11.1 Å². The van der Waals surface area contributed by atoms with Crippen molar-refractivity contribution >= 4 is 44.1 Å². The summed E-state index contributed by atoms with van der Waals surface area (Å²) in [6.07, 6.45) is 0.121. The summed E-state index contributed by atoms with van der Waals surface area (Å²) in [7, 11) is -1.09. The van der Waals surface area contributed by atoms with Crippen LogP contribution < -0.4 is 13.8 Å². The Morgan fingerprint density at radius 2 is 1.69 bits per heavy atom. The zero-order valence-corrected chi connectivity index (χ0v) is 21.0. The van der Waals surface area contributed by atoms with Crippen molar-refractivity contribution < 1.29 is 22.7 Å². The fourth-order valence-corrected chi connectivity index (χ4v) is 5.42. The molecule has 0 aliphatic rings. The van der Waals surface area contributed by atoms with Gasteiger partial charge >= 0.3 is 0 Å². The second-order valence-corrected chi connectivity index (χ2v) is 10.3. The number of rotatable bonds is 9. The molecule has 0 saturated carbocycles. The molecule has 32 heavy (non-hydrogen) atoms. The van der Waals surface area contributed by atoms with E-state index in [2.05, 4.69) is 22.6 Å². The zero-order valence-electron chi connectivity index (χ0n) is 18.0. The largest absolute Gasteiger partial charge is 0.497 e. The lowest BCUT2D eigenvalue weighted by molar-refractivity contribution is -0.117. The minimum atomic E-state index is -4.04. The molecule has 0 bridgehead atoms. The van der Waals surface area contributed by atoms with Gasteiger partial charge in [-0.1, -0.05) is 24.3 Å². The third-order valence-corrected chi connectivity index (χ3v) is 7.44. The van der Waals surface area contributed by atoms with Crippen molar-refractivity contribution in [3.63, 3.8) is 0 Å². The third-order valence-electron chi connectivity index (χ3n) is 5.00. The molecule has 3 rings (SSSR count). The van der Waals surface area contributed by atoms with Crippen molar-refractivity contribution in [3.8, 4) is 11.5 Å². The molecular formula is C24H24INO5S. The maximum atomic E-state index is 13.6. The van der Waals surface area contributed by atoms with Gasteiger partial charge in [0.2, 0.25) is 0 Å². The molecule has 0 radical (unpaired) electrons. The Hall–Kier alpha value is -2.59. The first-order valence-corrected chi connectivity index (χ1v) is 12.3. The van der Waals surface area contributed by atoms with Crippen LogP contribution >= 0.6 is 22.6 Å². The molecule has 0 amide bonds. The van der Waals surface area contributed by atoms with Crippen LogP contribution in [0, 0.1) is 10.5 Å². The van der Waals surface area contributed by atoms with Crippen molar-refractivity contribution in [2.45, 2.75) is 18.2 Å². The van der Waals surface area contributed by atoms with Crippen molar-refractivity contribution in [1.29, 1.82) is 0 Å². The van der Waals surface area contributed by atoms with Crippen LogP contribution in [-0.2, 0) is 21.2 Å². The number of carbonyl (C=O) groups excluding carboxylic acids is 1. The summed E-state index contributed by atoms with van der Waals surface area (Å²) >= 11 is 2.22. The number of methoxy groups -OCH3 is 2. The molecule has 6 nitrogen and oxygen atoms in total. The maximum Gasteiger partial charge on any atom is 0.264 e. The second-order valence-electron chi connectivity index (χ2n) is 7.15. The van der Waals surface area contributed by atoms with Gasteiger partial charge in [0.1, 0.15) is 11.5 Å². The van der Waals surface area contributed by atoms with Gasteiger partial charge in [-0.15, -0.1) is 0 Å². The van der Waals surface area contributed by atoms with E-state index in [4.69, 9.17) is 9.47 Å². The van der Waals surface area contributed by atoms with Crippen LogP contribution in [0.3, 0.4) is 0 Å². The molecule has 0 saturated heterocycles. The normalized spacial score (nSPS) is 11.1. The first-order chi connectivity index (χ1) is 15.3. The highest BCUT2D eigenvalue weighted by Gasteiger charge is 2.30. The van der Waals surface area contributed by atoms with Gasteiger partial charge in [0.05, 0.1) is 31.3 Å². The molecule has 168 valence electrons. The van der Waals surface area contributed by atoms with Crippen molar-refractivity contribution in [3.05, 3.63) is 81.4 Å². The van der Waals surface area contributed by atoms with E-state index >= 15 is 0 Å². The monoisotopic (exact) mass is 565 g/mol. The molecular weight excluding hydrogens is 541 g/mol. The second kappa shape index (κ2) is 10.4. The Labute approximate surface area is 202 Å². The standard InChI is InChI=1S/C24H24INO5S/c1-17-13-19(25)10-9-18(17)14-20(27)16-26(32(28,29)22-7-5-4-6-8-22)23-15-21(30-2)11-12-24(23)31-3/h4-13,15H,14,16H2,1-3H3. The van der Waals surface area contributed by atoms with E-state index in [-0.39, 0.29) is 29.3 Å². The Balaban J connectivity index is 2.04. The van der Waals surface area contributed by atoms with Crippen LogP contribution in [0.25, 0.3) is 0 Å². The topological polar surface area (TPSA) is 72.9 Å². The van der Waals surface area contributed by atoms with E-state index in [1.807, 2.05) is 25.1 Å². The fourth-order valence-electron chi connectivity index (χ4n) is 3.30. The van der Waals surface area contributed by atoms with Crippen LogP contribution in [0.4, 0.5) is 5.69 Å². The highest BCUT2D eigenvalue weighted by Crippen LogP contribution is 2.35.